The zero-order valence-corrected chi connectivity index (χ0v) is 15.7. The van der Waals surface area contributed by atoms with Gasteiger partial charge in [0.25, 0.3) is 0 Å². The SMILES string of the molecule is CC(=O)NCC(=O)NCC(=O)NC(c1ccc(C(C)C)cc1)C(C)C. The minimum atomic E-state index is -0.396. The topological polar surface area (TPSA) is 87.3 Å². The summed E-state index contributed by atoms with van der Waals surface area (Å²) in [6.07, 6.45) is 0. The van der Waals surface area contributed by atoms with Crippen LogP contribution >= 0.6 is 0 Å². The molecule has 0 bridgehead atoms. The van der Waals surface area contributed by atoms with Crippen molar-refractivity contribution in [2.24, 2.45) is 5.92 Å². The summed E-state index contributed by atoms with van der Waals surface area (Å²) in [4.78, 5) is 34.4. The molecule has 0 aromatic heterocycles. The molecule has 0 saturated heterocycles. The molecule has 0 spiro atoms. The average molecular weight is 347 g/mol. The Labute approximate surface area is 149 Å². The van der Waals surface area contributed by atoms with Crippen LogP contribution in [0.2, 0.25) is 0 Å². The smallest absolute Gasteiger partial charge is 0.239 e. The van der Waals surface area contributed by atoms with Gasteiger partial charge >= 0.3 is 0 Å². The Bertz CT molecular complexity index is 594. The molecular formula is C19H29N3O3. The first-order chi connectivity index (χ1) is 11.7. The second kappa shape index (κ2) is 9.81. The number of amides is 3. The molecule has 0 radical (unpaired) electrons. The predicted molar refractivity (Wildman–Crippen MR) is 97.9 cm³/mol. The molecule has 3 N–H and O–H groups in total. The third-order valence-corrected chi connectivity index (χ3v) is 3.89. The molecule has 6 nitrogen and oxygen atoms in total. The molecule has 0 fully saturated rings. The normalized spacial score (nSPS) is 12.0. The van der Waals surface area contributed by atoms with Crippen LogP contribution in [0.5, 0.6) is 0 Å². The Balaban J connectivity index is 2.61. The third-order valence-electron chi connectivity index (χ3n) is 3.89. The first-order valence-corrected chi connectivity index (χ1v) is 8.61. The summed E-state index contributed by atoms with van der Waals surface area (Å²) >= 11 is 0. The number of benzene rings is 1. The van der Waals surface area contributed by atoms with Crippen LogP contribution in [0.4, 0.5) is 0 Å². The molecule has 1 aromatic rings. The van der Waals surface area contributed by atoms with Gasteiger partial charge in [0, 0.05) is 6.92 Å². The van der Waals surface area contributed by atoms with Gasteiger partial charge in [-0.05, 0) is 23.0 Å². The molecule has 25 heavy (non-hydrogen) atoms. The van der Waals surface area contributed by atoms with Crippen LogP contribution in [0.25, 0.3) is 0 Å². The van der Waals surface area contributed by atoms with E-state index in [9.17, 15) is 14.4 Å². The highest BCUT2D eigenvalue weighted by Crippen LogP contribution is 2.23. The van der Waals surface area contributed by atoms with Gasteiger partial charge in [-0.2, -0.15) is 0 Å². The fourth-order valence-corrected chi connectivity index (χ4v) is 2.39. The molecule has 1 atom stereocenters. The molecule has 0 aliphatic heterocycles. The van der Waals surface area contributed by atoms with Crippen LogP contribution in [0.3, 0.4) is 0 Å². The summed E-state index contributed by atoms with van der Waals surface area (Å²) in [5, 5.41) is 7.84. The zero-order chi connectivity index (χ0) is 19.0. The average Bonchev–Trinajstić information content (AvgIpc) is 2.55. The van der Waals surface area contributed by atoms with Crippen molar-refractivity contribution in [2.45, 2.75) is 46.6 Å². The van der Waals surface area contributed by atoms with E-state index < -0.39 is 5.91 Å². The van der Waals surface area contributed by atoms with Crippen LogP contribution in [0.15, 0.2) is 24.3 Å². The second-order valence-corrected chi connectivity index (χ2v) is 6.80. The van der Waals surface area contributed by atoms with Gasteiger partial charge < -0.3 is 16.0 Å². The Morgan fingerprint density at radius 2 is 1.36 bits per heavy atom. The molecule has 0 heterocycles. The Morgan fingerprint density at radius 3 is 1.84 bits per heavy atom. The van der Waals surface area contributed by atoms with Crippen molar-refractivity contribution >= 4 is 17.7 Å². The van der Waals surface area contributed by atoms with Gasteiger partial charge in [0.15, 0.2) is 0 Å². The molecule has 1 aromatic carbocycles. The summed E-state index contributed by atoms with van der Waals surface area (Å²) in [5.74, 6) is -0.274. The van der Waals surface area contributed by atoms with E-state index in [1.807, 2.05) is 26.0 Å². The van der Waals surface area contributed by atoms with Crippen molar-refractivity contribution in [3.8, 4) is 0 Å². The Hall–Kier alpha value is -2.37. The van der Waals surface area contributed by atoms with Crippen LogP contribution in [0, 0.1) is 5.92 Å². The molecule has 0 aliphatic rings. The lowest BCUT2D eigenvalue weighted by atomic mass is 9.93. The molecule has 0 saturated carbocycles. The van der Waals surface area contributed by atoms with Crippen LogP contribution < -0.4 is 16.0 Å². The highest BCUT2D eigenvalue weighted by molar-refractivity contribution is 5.87. The van der Waals surface area contributed by atoms with Crippen molar-refractivity contribution in [2.75, 3.05) is 13.1 Å². The van der Waals surface area contributed by atoms with Gasteiger partial charge in [0.2, 0.25) is 17.7 Å². The molecule has 3 amide bonds. The Morgan fingerprint density at radius 1 is 0.840 bits per heavy atom. The van der Waals surface area contributed by atoms with E-state index in [0.29, 0.717) is 5.92 Å². The minimum Gasteiger partial charge on any atom is -0.348 e. The van der Waals surface area contributed by atoms with E-state index in [2.05, 4.69) is 41.9 Å². The largest absolute Gasteiger partial charge is 0.348 e. The third kappa shape index (κ3) is 7.37. The maximum Gasteiger partial charge on any atom is 0.239 e. The monoisotopic (exact) mass is 347 g/mol. The number of rotatable bonds is 8. The van der Waals surface area contributed by atoms with Crippen molar-refractivity contribution in [3.05, 3.63) is 35.4 Å². The predicted octanol–water partition coefficient (Wildman–Crippen LogP) is 1.88. The number of hydrogen-bond donors (Lipinski definition) is 3. The van der Waals surface area contributed by atoms with E-state index >= 15 is 0 Å². The zero-order valence-electron chi connectivity index (χ0n) is 15.7. The molecule has 1 rings (SSSR count). The molecule has 138 valence electrons. The van der Waals surface area contributed by atoms with Gasteiger partial charge in [0.1, 0.15) is 0 Å². The molecule has 1 unspecified atom stereocenters. The van der Waals surface area contributed by atoms with E-state index in [4.69, 9.17) is 0 Å². The van der Waals surface area contributed by atoms with Crippen molar-refractivity contribution < 1.29 is 14.4 Å². The molecule has 0 aliphatic carbocycles. The first-order valence-electron chi connectivity index (χ1n) is 8.61. The summed E-state index contributed by atoms with van der Waals surface area (Å²) < 4.78 is 0. The van der Waals surface area contributed by atoms with Gasteiger partial charge in [-0.15, -0.1) is 0 Å². The Kier molecular flexibility index (Phi) is 8.11. The quantitative estimate of drug-likeness (QED) is 0.671. The lowest BCUT2D eigenvalue weighted by Gasteiger charge is -2.23. The summed E-state index contributed by atoms with van der Waals surface area (Å²) in [6, 6.07) is 8.11. The first kappa shape index (κ1) is 20.7. The van der Waals surface area contributed by atoms with Crippen LogP contribution in [0.1, 0.15) is 57.7 Å². The van der Waals surface area contributed by atoms with E-state index in [-0.39, 0.29) is 36.9 Å². The number of hydrogen-bond acceptors (Lipinski definition) is 3. The lowest BCUT2D eigenvalue weighted by Crippen LogP contribution is -2.43. The van der Waals surface area contributed by atoms with Gasteiger partial charge in [-0.3, -0.25) is 14.4 Å². The number of carbonyl (C=O) groups excluding carboxylic acids is 3. The van der Waals surface area contributed by atoms with Gasteiger partial charge in [-0.1, -0.05) is 52.0 Å². The van der Waals surface area contributed by atoms with Crippen LogP contribution in [-0.2, 0) is 14.4 Å². The maximum absolute atomic E-state index is 12.1. The second-order valence-electron chi connectivity index (χ2n) is 6.80. The summed E-state index contributed by atoms with van der Waals surface area (Å²) in [7, 11) is 0. The number of nitrogens with one attached hydrogen (secondary N) is 3. The van der Waals surface area contributed by atoms with Crippen LogP contribution in [-0.4, -0.2) is 30.8 Å². The molecule has 6 heteroatoms. The standard InChI is InChI=1S/C19H29N3O3/c1-12(2)15-6-8-16(9-7-15)19(13(3)4)22-18(25)11-21-17(24)10-20-14(5)23/h6-9,12-13,19H,10-11H2,1-5H3,(H,20,23)(H,21,24)(H,22,25). The fraction of sp³-hybridized carbons (Fsp3) is 0.526. The van der Waals surface area contributed by atoms with Gasteiger partial charge in [0.05, 0.1) is 19.1 Å². The van der Waals surface area contributed by atoms with E-state index in [1.54, 1.807) is 0 Å². The van der Waals surface area contributed by atoms with E-state index in [1.165, 1.54) is 12.5 Å². The summed E-state index contributed by atoms with van der Waals surface area (Å²) in [5.41, 5.74) is 2.29. The fourth-order valence-electron chi connectivity index (χ4n) is 2.39. The van der Waals surface area contributed by atoms with Crippen molar-refractivity contribution in [3.63, 3.8) is 0 Å². The van der Waals surface area contributed by atoms with Crippen molar-refractivity contribution in [1.82, 2.24) is 16.0 Å². The minimum absolute atomic E-state index is 0.119. The van der Waals surface area contributed by atoms with Gasteiger partial charge in [-0.25, -0.2) is 0 Å². The molecular weight excluding hydrogens is 318 g/mol. The highest BCUT2D eigenvalue weighted by atomic mass is 16.2. The van der Waals surface area contributed by atoms with Crippen molar-refractivity contribution in [1.29, 1.82) is 0 Å². The summed E-state index contributed by atoms with van der Waals surface area (Å²) in [6.45, 7) is 9.43. The van der Waals surface area contributed by atoms with E-state index in [0.717, 1.165) is 5.56 Å². The maximum atomic E-state index is 12.1. The number of carbonyl (C=O) groups is 3. The highest BCUT2D eigenvalue weighted by Gasteiger charge is 2.18. The lowest BCUT2D eigenvalue weighted by molar-refractivity contribution is -0.127.